The highest BCUT2D eigenvalue weighted by atomic mass is 19.1. The van der Waals surface area contributed by atoms with Crippen LogP contribution in [0.25, 0.3) is 10.8 Å². The van der Waals surface area contributed by atoms with Gasteiger partial charge in [0.2, 0.25) is 5.91 Å². The van der Waals surface area contributed by atoms with Gasteiger partial charge in [-0.15, -0.1) is 0 Å². The van der Waals surface area contributed by atoms with Gasteiger partial charge in [-0.2, -0.15) is 0 Å². The van der Waals surface area contributed by atoms with Crippen LogP contribution in [0.5, 0.6) is 0 Å². The maximum atomic E-state index is 13.6. The van der Waals surface area contributed by atoms with Crippen molar-refractivity contribution in [3.8, 4) is 0 Å². The van der Waals surface area contributed by atoms with Gasteiger partial charge in [-0.25, -0.2) is 4.39 Å². The number of benzene rings is 2. The van der Waals surface area contributed by atoms with E-state index in [0.717, 1.165) is 37.3 Å². The number of H-pyrrole nitrogens is 1. The number of carbonyl (C=O) groups excluding carboxylic acids is 1. The Kier molecular flexibility index (Phi) is 6.51. The molecule has 1 saturated heterocycles. The maximum Gasteiger partial charge on any atom is 0.256 e. The van der Waals surface area contributed by atoms with Crippen molar-refractivity contribution < 1.29 is 9.18 Å². The van der Waals surface area contributed by atoms with Crippen LogP contribution >= 0.6 is 0 Å². The van der Waals surface area contributed by atoms with Crippen molar-refractivity contribution in [2.75, 3.05) is 38.5 Å². The number of aryl methyl sites for hydroxylation is 1. The number of fused-ring (bicyclic) bond motifs is 1. The van der Waals surface area contributed by atoms with Crippen LogP contribution in [0.3, 0.4) is 0 Å². The number of nitrogens with zero attached hydrogens (tertiary/aromatic N) is 2. The number of nitrogens with one attached hydrogen (secondary N) is 1. The third kappa shape index (κ3) is 4.93. The molecule has 0 bridgehead atoms. The molecule has 0 spiro atoms. The second-order valence-electron chi connectivity index (χ2n) is 9.31. The van der Waals surface area contributed by atoms with E-state index in [1.165, 1.54) is 12.1 Å². The van der Waals surface area contributed by atoms with E-state index in [0.29, 0.717) is 24.9 Å². The number of carbonyl (C=O) groups is 1. The Labute approximate surface area is 193 Å². The molecule has 7 heteroatoms. The number of hydrogen-bond acceptors (Lipinski definition) is 4. The normalized spacial score (nSPS) is 15.2. The number of piperazine rings is 1. The number of pyridine rings is 1. The number of rotatable bonds is 6. The number of amides is 1. The highest BCUT2D eigenvalue weighted by Gasteiger charge is 2.34. The molecule has 1 aliphatic heterocycles. The van der Waals surface area contributed by atoms with Crippen molar-refractivity contribution in [2.24, 2.45) is 0 Å². The zero-order chi connectivity index (χ0) is 23.6. The predicted molar refractivity (Wildman–Crippen MR) is 130 cm³/mol. The molecule has 1 aromatic heterocycles. The van der Waals surface area contributed by atoms with Gasteiger partial charge in [0.25, 0.3) is 5.56 Å². The summed E-state index contributed by atoms with van der Waals surface area (Å²) in [5.74, 6) is -0.348. The fourth-order valence-electron chi connectivity index (χ4n) is 4.59. The number of anilines is 1. The molecule has 0 aliphatic carbocycles. The summed E-state index contributed by atoms with van der Waals surface area (Å²) in [6.45, 7) is 7.94. The van der Waals surface area contributed by atoms with Crippen molar-refractivity contribution in [3.63, 3.8) is 0 Å². The van der Waals surface area contributed by atoms with Gasteiger partial charge in [0.15, 0.2) is 0 Å². The van der Waals surface area contributed by atoms with Gasteiger partial charge >= 0.3 is 0 Å². The fraction of sp³-hybridized carbons (Fsp3) is 0.385. The molecule has 0 unspecified atom stereocenters. The average Bonchev–Trinajstić information content (AvgIpc) is 2.80. The molecule has 1 fully saturated rings. The van der Waals surface area contributed by atoms with Gasteiger partial charge in [-0.1, -0.05) is 30.3 Å². The summed E-state index contributed by atoms with van der Waals surface area (Å²) in [4.78, 5) is 32.6. The largest absolute Gasteiger partial charge is 0.398 e. The van der Waals surface area contributed by atoms with Crippen LogP contribution in [-0.4, -0.2) is 53.4 Å². The first kappa shape index (κ1) is 23.0. The van der Waals surface area contributed by atoms with Crippen molar-refractivity contribution in [3.05, 3.63) is 76.0 Å². The van der Waals surface area contributed by atoms with Crippen molar-refractivity contribution >= 4 is 22.4 Å². The van der Waals surface area contributed by atoms with E-state index < -0.39 is 11.2 Å². The number of halogens is 1. The van der Waals surface area contributed by atoms with E-state index in [1.54, 1.807) is 0 Å². The molecule has 0 radical (unpaired) electrons. The second-order valence-corrected chi connectivity index (χ2v) is 9.31. The molecule has 2 aromatic carbocycles. The Morgan fingerprint density at radius 1 is 1.06 bits per heavy atom. The minimum Gasteiger partial charge on any atom is -0.398 e. The third-order valence-corrected chi connectivity index (χ3v) is 6.62. The lowest BCUT2D eigenvalue weighted by Gasteiger charge is -2.38. The highest BCUT2D eigenvalue weighted by molar-refractivity contribution is 5.92. The molecule has 0 saturated carbocycles. The van der Waals surface area contributed by atoms with Gasteiger partial charge in [0, 0.05) is 42.9 Å². The van der Waals surface area contributed by atoms with E-state index in [-0.39, 0.29) is 22.5 Å². The number of aromatic amines is 1. The molecule has 2 heterocycles. The Morgan fingerprint density at radius 3 is 2.45 bits per heavy atom. The monoisotopic (exact) mass is 450 g/mol. The van der Waals surface area contributed by atoms with E-state index in [2.05, 4.69) is 9.88 Å². The summed E-state index contributed by atoms with van der Waals surface area (Å²) in [6.07, 6.45) is 1.56. The molecule has 6 nitrogen and oxygen atoms in total. The maximum absolute atomic E-state index is 13.6. The van der Waals surface area contributed by atoms with E-state index in [9.17, 15) is 14.0 Å². The van der Waals surface area contributed by atoms with E-state index in [1.807, 2.05) is 55.1 Å². The predicted octanol–water partition coefficient (Wildman–Crippen LogP) is 3.30. The number of hydrogen-bond donors (Lipinski definition) is 2. The van der Waals surface area contributed by atoms with Crippen LogP contribution in [0, 0.1) is 5.82 Å². The van der Waals surface area contributed by atoms with E-state index in [4.69, 9.17) is 5.73 Å². The van der Waals surface area contributed by atoms with Gasteiger partial charge in [-0.3, -0.25) is 14.5 Å². The van der Waals surface area contributed by atoms with Crippen molar-refractivity contribution in [1.29, 1.82) is 0 Å². The zero-order valence-electron chi connectivity index (χ0n) is 19.2. The minimum absolute atomic E-state index is 0.163. The Bertz CT molecular complexity index is 1200. The molecule has 1 amide bonds. The number of nitrogens with two attached hydrogens (primary N) is 1. The van der Waals surface area contributed by atoms with Crippen LogP contribution in [0.2, 0.25) is 0 Å². The lowest BCUT2D eigenvalue weighted by molar-refractivity contribution is -0.138. The molecular formula is C26H31FN4O2. The van der Waals surface area contributed by atoms with Crippen LogP contribution < -0.4 is 11.3 Å². The molecule has 4 rings (SSSR count). The van der Waals surface area contributed by atoms with Crippen LogP contribution in [-0.2, 0) is 16.6 Å². The summed E-state index contributed by atoms with van der Waals surface area (Å²) in [6, 6.07) is 14.2. The average molecular weight is 451 g/mol. The summed E-state index contributed by atoms with van der Waals surface area (Å²) in [7, 11) is 0. The molecular weight excluding hydrogens is 419 g/mol. The van der Waals surface area contributed by atoms with Gasteiger partial charge in [-0.05, 0) is 57.0 Å². The highest BCUT2D eigenvalue weighted by Crippen LogP contribution is 2.26. The standard InChI is InChI=1S/C26H31FN4O2/c1-26(2,18-7-4-3-5-8-18)25(33)31-13-11-30(12-14-31)10-6-9-20-17-21-22(24(32)29-20)15-19(27)16-23(21)28/h3-5,7-8,15-17H,6,9-14,28H2,1-2H3,(H,29,32). The first-order valence-electron chi connectivity index (χ1n) is 11.4. The first-order chi connectivity index (χ1) is 15.8. The van der Waals surface area contributed by atoms with Gasteiger partial charge < -0.3 is 15.6 Å². The quantitative estimate of drug-likeness (QED) is 0.565. The van der Waals surface area contributed by atoms with Gasteiger partial charge in [0.1, 0.15) is 5.82 Å². The Balaban J connectivity index is 1.30. The third-order valence-electron chi connectivity index (χ3n) is 6.62. The lowest BCUT2D eigenvalue weighted by atomic mass is 9.83. The van der Waals surface area contributed by atoms with Crippen LogP contribution in [0.4, 0.5) is 10.1 Å². The van der Waals surface area contributed by atoms with Crippen molar-refractivity contribution in [1.82, 2.24) is 14.8 Å². The fourth-order valence-corrected chi connectivity index (χ4v) is 4.59. The topological polar surface area (TPSA) is 82.4 Å². The van der Waals surface area contributed by atoms with Gasteiger partial charge in [0.05, 0.1) is 10.8 Å². The second kappa shape index (κ2) is 9.35. The molecule has 33 heavy (non-hydrogen) atoms. The molecule has 1 aliphatic rings. The smallest absolute Gasteiger partial charge is 0.256 e. The summed E-state index contributed by atoms with van der Waals surface area (Å²) >= 11 is 0. The minimum atomic E-state index is -0.545. The summed E-state index contributed by atoms with van der Waals surface area (Å²) in [5, 5.41) is 0.860. The molecule has 174 valence electrons. The lowest BCUT2D eigenvalue weighted by Crippen LogP contribution is -2.53. The summed E-state index contributed by atoms with van der Waals surface area (Å²) < 4.78 is 13.6. The Morgan fingerprint density at radius 2 is 1.76 bits per heavy atom. The molecule has 0 atom stereocenters. The first-order valence-corrected chi connectivity index (χ1v) is 11.4. The van der Waals surface area contributed by atoms with Crippen LogP contribution in [0.1, 0.15) is 31.5 Å². The van der Waals surface area contributed by atoms with Crippen LogP contribution in [0.15, 0.2) is 53.3 Å². The SMILES string of the molecule is CC(C)(C(=O)N1CCN(CCCc2cc3c(N)cc(F)cc3c(=O)[nH]2)CC1)c1ccccc1. The van der Waals surface area contributed by atoms with E-state index >= 15 is 0 Å². The molecule has 3 aromatic rings. The summed E-state index contributed by atoms with van der Waals surface area (Å²) in [5.41, 5.74) is 7.15. The number of aromatic nitrogens is 1. The Hall–Kier alpha value is -3.19. The zero-order valence-corrected chi connectivity index (χ0v) is 19.2. The molecule has 3 N–H and O–H groups in total. The van der Waals surface area contributed by atoms with Crippen molar-refractivity contribution in [2.45, 2.75) is 32.1 Å². The number of nitrogen functional groups attached to an aromatic ring is 1.